The third kappa shape index (κ3) is 2.15. The summed E-state index contributed by atoms with van der Waals surface area (Å²) in [6, 6.07) is 6.09. The Bertz CT molecular complexity index is 772. The van der Waals surface area contributed by atoms with E-state index in [0.29, 0.717) is 28.6 Å². The molecule has 1 aromatic heterocycles. The van der Waals surface area contributed by atoms with Gasteiger partial charge < -0.3 is 4.42 Å². The summed E-state index contributed by atoms with van der Waals surface area (Å²) in [6.45, 7) is 0. The van der Waals surface area contributed by atoms with Crippen LogP contribution in [0.4, 0.5) is 5.69 Å². The van der Waals surface area contributed by atoms with Gasteiger partial charge in [-0.2, -0.15) is 0 Å². The number of nitrogens with zero attached hydrogens (tertiary/aromatic N) is 3. The second-order valence-electron chi connectivity index (χ2n) is 3.97. The van der Waals surface area contributed by atoms with Crippen molar-refractivity contribution in [1.29, 1.82) is 0 Å². The number of fused-ring (bicyclic) bond motifs is 1. The number of hydrogen-bond acceptors (Lipinski definition) is 5. The van der Waals surface area contributed by atoms with Crippen molar-refractivity contribution in [3.63, 3.8) is 0 Å². The fourth-order valence-corrected chi connectivity index (χ4v) is 1.78. The highest BCUT2D eigenvalue weighted by Gasteiger charge is 2.09. The van der Waals surface area contributed by atoms with Crippen LogP contribution in [0.2, 0.25) is 0 Å². The minimum absolute atomic E-state index is 0.0413. The molecule has 19 heavy (non-hydrogen) atoms. The number of oxazole rings is 1. The van der Waals surface area contributed by atoms with Gasteiger partial charge in [-0.05, 0) is 18.2 Å². The van der Waals surface area contributed by atoms with Gasteiger partial charge in [0.2, 0.25) is 5.89 Å². The van der Waals surface area contributed by atoms with Gasteiger partial charge in [-0.1, -0.05) is 0 Å². The smallest absolute Gasteiger partial charge is 0.269 e. The van der Waals surface area contributed by atoms with Gasteiger partial charge in [0.1, 0.15) is 5.35 Å². The lowest BCUT2D eigenvalue weighted by atomic mass is 10.2. The highest BCUT2D eigenvalue weighted by molar-refractivity contribution is 5.68. The van der Waals surface area contributed by atoms with E-state index < -0.39 is 4.92 Å². The zero-order chi connectivity index (χ0) is 13.2. The molecule has 94 valence electrons. The SMILES string of the molecule is O=[N+]([O-])c1ccc(-c2nc3c(o2)=CCC=NC=3)cc1. The zero-order valence-electron chi connectivity index (χ0n) is 9.81. The van der Waals surface area contributed by atoms with Gasteiger partial charge in [-0.3, -0.25) is 15.1 Å². The predicted molar refractivity (Wildman–Crippen MR) is 69.9 cm³/mol. The Balaban J connectivity index is 2.06. The van der Waals surface area contributed by atoms with Gasteiger partial charge in [0, 0.05) is 30.3 Å². The van der Waals surface area contributed by atoms with Crippen LogP contribution in [0.3, 0.4) is 0 Å². The lowest BCUT2D eigenvalue weighted by molar-refractivity contribution is -0.384. The van der Waals surface area contributed by atoms with Crippen LogP contribution in [0, 0.1) is 10.1 Å². The molecular formula is C13H9N3O3. The fraction of sp³-hybridized carbons (Fsp3) is 0.0769. The highest BCUT2D eigenvalue weighted by atomic mass is 16.6. The van der Waals surface area contributed by atoms with Crippen LogP contribution >= 0.6 is 0 Å². The molecule has 0 saturated heterocycles. The number of rotatable bonds is 2. The van der Waals surface area contributed by atoms with Crippen LogP contribution in [0.15, 0.2) is 33.7 Å². The van der Waals surface area contributed by atoms with E-state index in [9.17, 15) is 10.1 Å². The number of aliphatic imine (C=N–C) groups is 1. The Morgan fingerprint density at radius 2 is 2.05 bits per heavy atom. The molecule has 1 aliphatic heterocycles. The first kappa shape index (κ1) is 11.3. The molecule has 0 radical (unpaired) electrons. The number of aromatic nitrogens is 1. The molecule has 0 bridgehead atoms. The topological polar surface area (TPSA) is 81.5 Å². The Morgan fingerprint density at radius 3 is 2.79 bits per heavy atom. The summed E-state index contributed by atoms with van der Waals surface area (Å²) in [5.41, 5.74) is 1.41. The van der Waals surface area contributed by atoms with Crippen LogP contribution in [0.25, 0.3) is 23.7 Å². The van der Waals surface area contributed by atoms with Crippen molar-refractivity contribution < 1.29 is 9.34 Å². The van der Waals surface area contributed by atoms with Crippen LogP contribution < -0.4 is 10.8 Å². The van der Waals surface area contributed by atoms with Gasteiger partial charge in [0.05, 0.1) is 11.1 Å². The molecule has 6 heteroatoms. The molecule has 0 fully saturated rings. The molecule has 3 rings (SSSR count). The summed E-state index contributed by atoms with van der Waals surface area (Å²) < 4.78 is 5.62. The first-order valence-electron chi connectivity index (χ1n) is 5.68. The molecule has 0 N–H and O–H groups in total. The van der Waals surface area contributed by atoms with Gasteiger partial charge >= 0.3 is 0 Å². The highest BCUT2D eigenvalue weighted by Crippen LogP contribution is 2.19. The van der Waals surface area contributed by atoms with Crippen LogP contribution in [0.1, 0.15) is 6.42 Å². The Kier molecular flexibility index (Phi) is 2.68. The first-order valence-corrected chi connectivity index (χ1v) is 5.68. The van der Waals surface area contributed by atoms with E-state index >= 15 is 0 Å². The van der Waals surface area contributed by atoms with Crippen LogP contribution in [0.5, 0.6) is 0 Å². The van der Waals surface area contributed by atoms with Crippen molar-refractivity contribution >= 4 is 24.2 Å². The Hall–Kier alpha value is -2.76. The molecule has 0 spiro atoms. The molecule has 1 aliphatic rings. The van der Waals surface area contributed by atoms with Crippen molar-refractivity contribution in [2.24, 2.45) is 4.99 Å². The summed E-state index contributed by atoms with van der Waals surface area (Å²) in [4.78, 5) is 18.5. The maximum Gasteiger partial charge on any atom is 0.269 e. The van der Waals surface area contributed by atoms with Crippen molar-refractivity contribution in [1.82, 2.24) is 4.98 Å². The predicted octanol–water partition coefficient (Wildman–Crippen LogP) is 1.24. The quantitative estimate of drug-likeness (QED) is 0.597. The van der Waals surface area contributed by atoms with Gasteiger partial charge in [-0.15, -0.1) is 0 Å². The maximum absolute atomic E-state index is 10.6. The second kappa shape index (κ2) is 4.49. The van der Waals surface area contributed by atoms with E-state index in [2.05, 4.69) is 9.98 Å². The number of benzene rings is 1. The maximum atomic E-state index is 10.6. The molecule has 0 unspecified atom stereocenters. The van der Waals surface area contributed by atoms with Crippen molar-refractivity contribution in [3.05, 3.63) is 45.1 Å². The summed E-state index contributed by atoms with van der Waals surface area (Å²) in [5.74, 6) is 0.435. The van der Waals surface area contributed by atoms with Crippen LogP contribution in [-0.4, -0.2) is 16.1 Å². The number of non-ortho nitro benzene ring substituents is 1. The number of nitro groups is 1. The Morgan fingerprint density at radius 1 is 1.26 bits per heavy atom. The molecule has 2 heterocycles. The van der Waals surface area contributed by atoms with Gasteiger partial charge in [0.25, 0.3) is 5.69 Å². The molecule has 0 atom stereocenters. The summed E-state index contributed by atoms with van der Waals surface area (Å²) >= 11 is 0. The molecule has 0 aliphatic carbocycles. The van der Waals surface area contributed by atoms with Gasteiger partial charge in [-0.25, -0.2) is 4.98 Å². The zero-order valence-corrected chi connectivity index (χ0v) is 9.81. The van der Waals surface area contributed by atoms with E-state index in [0.717, 1.165) is 0 Å². The minimum Gasteiger partial charge on any atom is -0.436 e. The van der Waals surface area contributed by atoms with E-state index in [1.807, 2.05) is 6.08 Å². The third-order valence-corrected chi connectivity index (χ3v) is 2.72. The summed E-state index contributed by atoms with van der Waals surface area (Å²) in [5, 5.41) is 11.3. The lowest BCUT2D eigenvalue weighted by Crippen LogP contribution is -2.20. The van der Waals surface area contributed by atoms with E-state index in [1.54, 1.807) is 24.5 Å². The average Bonchev–Trinajstić information content (AvgIpc) is 2.70. The van der Waals surface area contributed by atoms with E-state index in [4.69, 9.17) is 4.42 Å². The largest absolute Gasteiger partial charge is 0.436 e. The average molecular weight is 255 g/mol. The fourth-order valence-electron chi connectivity index (χ4n) is 1.78. The van der Waals surface area contributed by atoms with E-state index in [-0.39, 0.29) is 5.69 Å². The molecule has 6 nitrogen and oxygen atoms in total. The Labute approximate surface area is 107 Å². The number of hydrogen-bond donors (Lipinski definition) is 0. The summed E-state index contributed by atoms with van der Waals surface area (Å²) in [6.07, 6.45) is 5.99. The molecule has 0 amide bonds. The molecule has 1 aromatic carbocycles. The standard InChI is InChI=1S/C13H9N3O3/c17-16(18)10-5-3-9(4-6-10)13-15-11-8-14-7-1-2-12(11)19-13/h2-8H,1H2. The summed E-state index contributed by atoms with van der Waals surface area (Å²) in [7, 11) is 0. The minimum atomic E-state index is -0.440. The third-order valence-electron chi connectivity index (χ3n) is 2.72. The lowest BCUT2D eigenvalue weighted by Gasteiger charge is -1.94. The first-order chi connectivity index (χ1) is 9.24. The van der Waals surface area contributed by atoms with Gasteiger partial charge in [0.15, 0.2) is 5.42 Å². The second-order valence-corrected chi connectivity index (χ2v) is 3.97. The van der Waals surface area contributed by atoms with Crippen LogP contribution in [-0.2, 0) is 0 Å². The molecular weight excluding hydrogens is 246 g/mol. The molecule has 2 aromatic rings. The van der Waals surface area contributed by atoms with Crippen molar-refractivity contribution in [2.75, 3.05) is 0 Å². The normalized spacial score (nSPS) is 13.1. The molecule has 0 saturated carbocycles. The number of nitro benzene ring substituents is 1. The monoisotopic (exact) mass is 255 g/mol. The van der Waals surface area contributed by atoms with Crippen molar-refractivity contribution in [3.8, 4) is 11.5 Å². The van der Waals surface area contributed by atoms with Crippen molar-refractivity contribution in [2.45, 2.75) is 6.42 Å². The van der Waals surface area contributed by atoms with E-state index in [1.165, 1.54) is 12.1 Å².